The Balaban J connectivity index is 1.92. The van der Waals surface area contributed by atoms with Gasteiger partial charge < -0.3 is 20.7 Å². The predicted octanol–water partition coefficient (Wildman–Crippen LogP) is 1.98. The number of amides is 1. The summed E-state index contributed by atoms with van der Waals surface area (Å²) in [4.78, 5) is 14.4. The molecule has 2 rings (SSSR count). The summed E-state index contributed by atoms with van der Waals surface area (Å²) in [5.74, 6) is -0.0819. The third-order valence-corrected chi connectivity index (χ3v) is 3.93. The van der Waals surface area contributed by atoms with Crippen LogP contribution in [0.3, 0.4) is 0 Å². The van der Waals surface area contributed by atoms with Crippen LogP contribution in [0, 0.1) is 0 Å². The minimum Gasteiger partial charge on any atom is -0.372 e. The molecule has 0 saturated carbocycles. The van der Waals surface area contributed by atoms with Crippen molar-refractivity contribution in [3.8, 4) is 0 Å². The maximum absolute atomic E-state index is 12.1. The molecule has 0 bridgehead atoms. The van der Waals surface area contributed by atoms with Crippen molar-refractivity contribution in [1.82, 2.24) is 0 Å². The summed E-state index contributed by atoms with van der Waals surface area (Å²) in [5, 5.41) is 2.91. The predicted molar refractivity (Wildman–Crippen MR) is 85.6 cm³/mol. The number of nitrogens with zero attached hydrogens (tertiary/aromatic N) is 1. The maximum Gasteiger partial charge on any atom is 0.253 e. The minimum atomic E-state index is -0.374. The zero-order chi connectivity index (χ0) is 15.2. The molecule has 1 aromatic carbocycles. The first kappa shape index (κ1) is 15.8. The van der Waals surface area contributed by atoms with E-state index in [0.717, 1.165) is 31.6 Å². The minimum absolute atomic E-state index is 0.0193. The zero-order valence-corrected chi connectivity index (χ0v) is 12.8. The van der Waals surface area contributed by atoms with Gasteiger partial charge in [0.15, 0.2) is 0 Å². The van der Waals surface area contributed by atoms with Crippen molar-refractivity contribution in [3.63, 3.8) is 0 Å². The van der Waals surface area contributed by atoms with Crippen molar-refractivity contribution in [3.05, 3.63) is 24.3 Å². The first-order valence-corrected chi connectivity index (χ1v) is 7.69. The Labute approximate surface area is 126 Å². The average molecular weight is 291 g/mol. The lowest BCUT2D eigenvalue weighted by Crippen LogP contribution is -2.29. The molecule has 3 N–H and O–H groups in total. The van der Waals surface area contributed by atoms with Crippen LogP contribution in [-0.2, 0) is 9.53 Å². The molecule has 2 atom stereocenters. The molecule has 21 heavy (non-hydrogen) atoms. The van der Waals surface area contributed by atoms with Crippen molar-refractivity contribution in [1.29, 1.82) is 0 Å². The molecule has 5 nitrogen and oxygen atoms in total. The standard InChI is InChI=1S/C16H25N3O2/c1-3-19(4-2)13-7-5-12(6-8-13)18-16(20)15-10-9-14(11-17)21-15/h5-8,14-15H,3-4,9-11,17H2,1-2H3,(H,18,20). The molecule has 0 radical (unpaired) electrons. The number of anilines is 2. The number of carbonyl (C=O) groups is 1. The van der Waals surface area contributed by atoms with E-state index in [-0.39, 0.29) is 18.1 Å². The van der Waals surface area contributed by atoms with Gasteiger partial charge >= 0.3 is 0 Å². The van der Waals surface area contributed by atoms with Crippen molar-refractivity contribution >= 4 is 17.3 Å². The topological polar surface area (TPSA) is 67.6 Å². The molecule has 1 aromatic rings. The van der Waals surface area contributed by atoms with Gasteiger partial charge in [-0.05, 0) is 51.0 Å². The van der Waals surface area contributed by atoms with Crippen LogP contribution in [0.4, 0.5) is 11.4 Å². The molecule has 0 aliphatic carbocycles. The van der Waals surface area contributed by atoms with E-state index >= 15 is 0 Å². The van der Waals surface area contributed by atoms with Gasteiger partial charge in [0, 0.05) is 31.0 Å². The Morgan fingerprint density at radius 1 is 1.29 bits per heavy atom. The lowest BCUT2D eigenvalue weighted by Gasteiger charge is -2.21. The molecule has 1 amide bonds. The Kier molecular flexibility index (Phi) is 5.59. The number of nitrogens with one attached hydrogen (secondary N) is 1. The second kappa shape index (κ2) is 7.43. The maximum atomic E-state index is 12.1. The molecular formula is C16H25N3O2. The Hall–Kier alpha value is -1.59. The SMILES string of the molecule is CCN(CC)c1ccc(NC(=O)C2CCC(CN)O2)cc1. The first-order valence-electron chi connectivity index (χ1n) is 7.69. The molecule has 1 aliphatic heterocycles. The quantitative estimate of drug-likeness (QED) is 0.841. The van der Waals surface area contributed by atoms with Gasteiger partial charge in [0.2, 0.25) is 0 Å². The molecule has 0 spiro atoms. The van der Waals surface area contributed by atoms with Crippen molar-refractivity contribution < 1.29 is 9.53 Å². The average Bonchev–Trinajstić information content (AvgIpc) is 2.99. The number of carbonyl (C=O) groups excluding carboxylic acids is 1. The number of ether oxygens (including phenoxy) is 1. The van der Waals surface area contributed by atoms with Crippen molar-refractivity contribution in [2.24, 2.45) is 5.73 Å². The fourth-order valence-corrected chi connectivity index (χ4v) is 2.64. The summed E-state index contributed by atoms with van der Waals surface area (Å²) in [6.45, 7) is 6.68. The molecule has 1 saturated heterocycles. The van der Waals surface area contributed by atoms with Crippen molar-refractivity contribution in [2.45, 2.75) is 38.9 Å². The van der Waals surface area contributed by atoms with E-state index in [1.54, 1.807) is 0 Å². The van der Waals surface area contributed by atoms with Gasteiger partial charge in [-0.15, -0.1) is 0 Å². The monoisotopic (exact) mass is 291 g/mol. The molecule has 5 heteroatoms. The molecular weight excluding hydrogens is 266 g/mol. The zero-order valence-electron chi connectivity index (χ0n) is 12.8. The van der Waals surface area contributed by atoms with E-state index in [1.807, 2.05) is 24.3 Å². The van der Waals surface area contributed by atoms with Crippen LogP contribution < -0.4 is 16.0 Å². The van der Waals surface area contributed by atoms with Crippen LogP contribution in [0.1, 0.15) is 26.7 Å². The molecule has 1 fully saturated rings. The number of nitrogens with two attached hydrogens (primary N) is 1. The molecule has 116 valence electrons. The van der Waals surface area contributed by atoms with E-state index < -0.39 is 0 Å². The van der Waals surface area contributed by atoms with E-state index in [9.17, 15) is 4.79 Å². The third kappa shape index (κ3) is 3.95. The molecule has 1 aliphatic rings. The largest absolute Gasteiger partial charge is 0.372 e. The fraction of sp³-hybridized carbons (Fsp3) is 0.562. The van der Waals surface area contributed by atoms with Crippen LogP contribution >= 0.6 is 0 Å². The van der Waals surface area contributed by atoms with Gasteiger partial charge in [0.05, 0.1) is 6.10 Å². The van der Waals surface area contributed by atoms with Crippen molar-refractivity contribution in [2.75, 3.05) is 29.9 Å². The molecule has 1 heterocycles. The lowest BCUT2D eigenvalue weighted by atomic mass is 10.2. The third-order valence-electron chi connectivity index (χ3n) is 3.93. The second-order valence-corrected chi connectivity index (χ2v) is 5.27. The van der Waals surface area contributed by atoms with Gasteiger partial charge in [-0.3, -0.25) is 4.79 Å². The fourth-order valence-electron chi connectivity index (χ4n) is 2.64. The van der Waals surface area contributed by atoms with Gasteiger partial charge in [0.25, 0.3) is 5.91 Å². The van der Waals surface area contributed by atoms with Gasteiger partial charge in [-0.1, -0.05) is 0 Å². The molecule has 2 unspecified atom stereocenters. The smallest absolute Gasteiger partial charge is 0.253 e. The number of rotatable bonds is 6. The Morgan fingerprint density at radius 2 is 1.95 bits per heavy atom. The highest BCUT2D eigenvalue weighted by Crippen LogP contribution is 2.22. The summed E-state index contributed by atoms with van der Waals surface area (Å²) in [6.07, 6.45) is 1.24. The van der Waals surface area contributed by atoms with Crippen LogP contribution in [-0.4, -0.2) is 37.7 Å². The van der Waals surface area contributed by atoms with Crippen LogP contribution in [0.2, 0.25) is 0 Å². The highest BCUT2D eigenvalue weighted by Gasteiger charge is 2.29. The normalized spacial score (nSPS) is 21.3. The number of hydrogen-bond donors (Lipinski definition) is 2. The Morgan fingerprint density at radius 3 is 2.48 bits per heavy atom. The van der Waals surface area contributed by atoms with Crippen LogP contribution in [0.5, 0.6) is 0 Å². The second-order valence-electron chi connectivity index (χ2n) is 5.27. The highest BCUT2D eigenvalue weighted by molar-refractivity contribution is 5.94. The van der Waals surface area contributed by atoms with E-state index in [1.165, 1.54) is 5.69 Å². The van der Waals surface area contributed by atoms with Crippen LogP contribution in [0.15, 0.2) is 24.3 Å². The summed E-state index contributed by atoms with van der Waals surface area (Å²) in [5.41, 5.74) is 7.53. The molecule has 0 aromatic heterocycles. The van der Waals surface area contributed by atoms with E-state index in [0.29, 0.717) is 6.54 Å². The first-order chi connectivity index (χ1) is 10.2. The van der Waals surface area contributed by atoms with Gasteiger partial charge in [-0.25, -0.2) is 0 Å². The lowest BCUT2D eigenvalue weighted by molar-refractivity contribution is -0.126. The van der Waals surface area contributed by atoms with Crippen LogP contribution in [0.25, 0.3) is 0 Å². The summed E-state index contributed by atoms with van der Waals surface area (Å²) >= 11 is 0. The highest BCUT2D eigenvalue weighted by atomic mass is 16.5. The summed E-state index contributed by atoms with van der Waals surface area (Å²) < 4.78 is 5.60. The van der Waals surface area contributed by atoms with Gasteiger partial charge in [-0.2, -0.15) is 0 Å². The summed E-state index contributed by atoms with van der Waals surface area (Å²) in [7, 11) is 0. The van der Waals surface area contributed by atoms with E-state index in [2.05, 4.69) is 24.1 Å². The van der Waals surface area contributed by atoms with E-state index in [4.69, 9.17) is 10.5 Å². The Bertz CT molecular complexity index is 457. The number of benzene rings is 1. The van der Waals surface area contributed by atoms with Gasteiger partial charge in [0.1, 0.15) is 6.10 Å². The summed E-state index contributed by atoms with van der Waals surface area (Å²) in [6, 6.07) is 7.92. The number of hydrogen-bond acceptors (Lipinski definition) is 4.